The number of nitrogens with zero attached hydrogens (tertiary/aromatic N) is 5. The number of carboxylic acids is 2. The molecule has 0 unspecified atom stereocenters. The Bertz CT molecular complexity index is 1160. The topological polar surface area (TPSA) is 144 Å². The molecule has 0 saturated carbocycles. The van der Waals surface area contributed by atoms with Crippen LogP contribution in [0.25, 0.3) is 22.5 Å². The molecule has 5 rings (SSSR count). The number of fused-ring (bicyclic) bond motifs is 1. The lowest BCUT2D eigenvalue weighted by Crippen LogP contribution is -2.38. The molecule has 2 N–H and O–H groups in total. The van der Waals surface area contributed by atoms with Gasteiger partial charge in [0.2, 0.25) is 5.89 Å². The number of piperidine rings is 1. The third kappa shape index (κ3) is 6.08. The maximum Gasteiger partial charge on any atom is 0.414 e. The van der Waals surface area contributed by atoms with Crippen molar-refractivity contribution >= 4 is 22.8 Å². The molecular weight excluding hydrogens is 466 g/mol. The summed E-state index contributed by atoms with van der Waals surface area (Å²) in [6.07, 6.45) is 4.55. The van der Waals surface area contributed by atoms with E-state index in [9.17, 15) is 0 Å². The molecule has 36 heavy (non-hydrogen) atoms. The van der Waals surface area contributed by atoms with Crippen LogP contribution in [-0.2, 0) is 14.3 Å². The maximum absolute atomic E-state index is 9.10. The van der Waals surface area contributed by atoms with Crippen molar-refractivity contribution in [3.63, 3.8) is 0 Å². The number of carbonyl (C=O) groups is 2. The van der Waals surface area contributed by atoms with Gasteiger partial charge in [0.1, 0.15) is 0 Å². The quantitative estimate of drug-likeness (QED) is 0.501. The van der Waals surface area contributed by atoms with Gasteiger partial charge in [0.05, 0.1) is 5.52 Å². The number of aliphatic carboxylic acids is 2. The van der Waals surface area contributed by atoms with Gasteiger partial charge in [-0.1, -0.05) is 18.2 Å². The second-order valence-electron chi connectivity index (χ2n) is 9.59. The zero-order chi connectivity index (χ0) is 25.7. The Hall–Kier alpha value is -3.31. The summed E-state index contributed by atoms with van der Waals surface area (Å²) < 4.78 is 13.7. The van der Waals surface area contributed by atoms with Gasteiger partial charge in [-0.3, -0.25) is 4.68 Å². The van der Waals surface area contributed by atoms with E-state index < -0.39 is 11.9 Å². The van der Waals surface area contributed by atoms with Crippen LogP contribution < -0.4 is 0 Å². The number of benzene rings is 1. The molecule has 0 spiro atoms. The fraction of sp³-hybridized carbons (Fsp3) is 0.560. The van der Waals surface area contributed by atoms with Crippen LogP contribution in [0.5, 0.6) is 0 Å². The first-order valence-electron chi connectivity index (χ1n) is 12.4. The first-order valence-corrected chi connectivity index (χ1v) is 12.4. The van der Waals surface area contributed by atoms with Gasteiger partial charge in [-0.25, -0.2) is 9.59 Å². The van der Waals surface area contributed by atoms with Gasteiger partial charge in [-0.15, -0.1) is 10.2 Å². The number of ether oxygens (including phenoxy) is 1. The Labute approximate surface area is 209 Å². The van der Waals surface area contributed by atoms with Crippen LogP contribution in [-0.4, -0.2) is 79.9 Å². The molecule has 0 radical (unpaired) electrons. The standard InChI is InChI=1S/C23H31N5O2.C2H2O4/c1-16(2)28-20-6-4-3-5-19(20)21(26-28)23-25-24-22(30-23)18-7-11-27(12-8-18)15-17-9-13-29-14-10-17;3-1(4)2(5)6/h3-6,16-18H,7-15H2,1-2H3;(H,3,4)(H,5,6). The summed E-state index contributed by atoms with van der Waals surface area (Å²) in [6.45, 7) is 9.52. The molecule has 4 heterocycles. The molecule has 194 valence electrons. The number of rotatable bonds is 5. The number of likely N-dealkylation sites (tertiary alicyclic amines) is 1. The molecule has 2 aromatic heterocycles. The third-order valence-electron chi connectivity index (χ3n) is 6.72. The molecule has 2 aliphatic heterocycles. The van der Waals surface area contributed by atoms with Crippen LogP contribution in [0.1, 0.15) is 57.4 Å². The van der Waals surface area contributed by atoms with Crippen LogP contribution in [0.4, 0.5) is 0 Å². The minimum Gasteiger partial charge on any atom is -0.473 e. The summed E-state index contributed by atoms with van der Waals surface area (Å²) in [5, 5.41) is 29.4. The molecule has 11 nitrogen and oxygen atoms in total. The Kier molecular flexibility index (Phi) is 8.32. The predicted octanol–water partition coefficient (Wildman–Crippen LogP) is 3.43. The van der Waals surface area contributed by atoms with Crippen LogP contribution in [0.15, 0.2) is 28.7 Å². The van der Waals surface area contributed by atoms with Gasteiger partial charge >= 0.3 is 11.9 Å². The molecule has 0 aliphatic carbocycles. The summed E-state index contributed by atoms with van der Waals surface area (Å²) in [5.74, 6) is -1.22. The second-order valence-corrected chi connectivity index (χ2v) is 9.59. The van der Waals surface area contributed by atoms with E-state index >= 15 is 0 Å². The van der Waals surface area contributed by atoms with Crippen molar-refractivity contribution in [2.75, 3.05) is 32.8 Å². The van der Waals surface area contributed by atoms with E-state index in [1.165, 1.54) is 19.4 Å². The summed E-state index contributed by atoms with van der Waals surface area (Å²) in [5.41, 5.74) is 1.89. The summed E-state index contributed by atoms with van der Waals surface area (Å²) >= 11 is 0. The van der Waals surface area contributed by atoms with Crippen LogP contribution >= 0.6 is 0 Å². The number of hydrogen-bond donors (Lipinski definition) is 2. The highest BCUT2D eigenvalue weighted by molar-refractivity contribution is 6.27. The highest BCUT2D eigenvalue weighted by atomic mass is 16.5. The lowest BCUT2D eigenvalue weighted by Gasteiger charge is -2.34. The number of carboxylic acid groups (broad SMARTS) is 2. The number of para-hydroxylation sites is 1. The molecule has 3 aromatic rings. The number of hydrogen-bond acceptors (Lipinski definition) is 8. The molecule has 11 heteroatoms. The smallest absolute Gasteiger partial charge is 0.414 e. The average molecular weight is 500 g/mol. The van der Waals surface area contributed by atoms with Gasteiger partial charge in [0.25, 0.3) is 5.89 Å². The summed E-state index contributed by atoms with van der Waals surface area (Å²) in [4.78, 5) is 20.8. The van der Waals surface area contributed by atoms with Crippen LogP contribution in [0, 0.1) is 5.92 Å². The van der Waals surface area contributed by atoms with Gasteiger partial charge in [0, 0.05) is 37.1 Å². The van der Waals surface area contributed by atoms with Crippen molar-refractivity contribution < 1.29 is 29.0 Å². The van der Waals surface area contributed by atoms with Gasteiger partial charge < -0.3 is 24.3 Å². The largest absolute Gasteiger partial charge is 0.473 e. The van der Waals surface area contributed by atoms with E-state index in [1.54, 1.807) is 0 Å². The molecule has 2 aliphatic rings. The van der Waals surface area contributed by atoms with E-state index in [1.807, 2.05) is 16.8 Å². The lowest BCUT2D eigenvalue weighted by molar-refractivity contribution is -0.159. The summed E-state index contributed by atoms with van der Waals surface area (Å²) in [7, 11) is 0. The van der Waals surface area contributed by atoms with E-state index in [-0.39, 0.29) is 6.04 Å². The average Bonchev–Trinajstić information content (AvgIpc) is 3.51. The Morgan fingerprint density at radius 3 is 2.33 bits per heavy atom. The van der Waals surface area contributed by atoms with Gasteiger partial charge in [-0.2, -0.15) is 5.10 Å². The Morgan fingerprint density at radius 1 is 1.03 bits per heavy atom. The highest BCUT2D eigenvalue weighted by Crippen LogP contribution is 2.33. The molecule has 0 amide bonds. The van der Waals surface area contributed by atoms with Crippen molar-refractivity contribution in [1.29, 1.82) is 0 Å². The third-order valence-corrected chi connectivity index (χ3v) is 6.72. The second kappa shape index (κ2) is 11.6. The number of aromatic nitrogens is 4. The van der Waals surface area contributed by atoms with Crippen LogP contribution in [0.2, 0.25) is 0 Å². The minimum atomic E-state index is -1.82. The molecule has 0 bridgehead atoms. The van der Waals surface area contributed by atoms with E-state index in [2.05, 4.69) is 41.1 Å². The molecule has 1 aromatic carbocycles. The fourth-order valence-electron chi connectivity index (χ4n) is 4.79. The Balaban J connectivity index is 0.000000455. The van der Waals surface area contributed by atoms with E-state index in [0.29, 0.717) is 11.8 Å². The summed E-state index contributed by atoms with van der Waals surface area (Å²) in [6, 6.07) is 8.52. The van der Waals surface area contributed by atoms with Gasteiger partial charge in [-0.05, 0) is 64.6 Å². The first kappa shape index (κ1) is 25.8. The lowest BCUT2D eigenvalue weighted by atomic mass is 9.94. The van der Waals surface area contributed by atoms with Crippen molar-refractivity contribution in [1.82, 2.24) is 24.9 Å². The van der Waals surface area contributed by atoms with E-state index in [4.69, 9.17) is 34.1 Å². The molecule has 0 atom stereocenters. The first-order chi connectivity index (χ1) is 17.3. The minimum absolute atomic E-state index is 0.270. The normalized spacial score (nSPS) is 17.8. The van der Waals surface area contributed by atoms with Crippen molar-refractivity contribution in [2.45, 2.75) is 51.5 Å². The monoisotopic (exact) mass is 499 g/mol. The van der Waals surface area contributed by atoms with Crippen molar-refractivity contribution in [2.24, 2.45) is 5.92 Å². The van der Waals surface area contributed by atoms with Crippen LogP contribution in [0.3, 0.4) is 0 Å². The maximum atomic E-state index is 9.10. The predicted molar refractivity (Wildman–Crippen MR) is 131 cm³/mol. The molecular formula is C25H33N5O6. The zero-order valence-electron chi connectivity index (χ0n) is 20.7. The van der Waals surface area contributed by atoms with E-state index in [0.717, 1.165) is 67.6 Å². The molecule has 2 saturated heterocycles. The molecule has 2 fully saturated rings. The zero-order valence-corrected chi connectivity index (χ0v) is 20.7. The van der Waals surface area contributed by atoms with Gasteiger partial charge in [0.15, 0.2) is 5.69 Å². The highest BCUT2D eigenvalue weighted by Gasteiger charge is 2.28. The Morgan fingerprint density at radius 2 is 1.69 bits per heavy atom. The van der Waals surface area contributed by atoms with Crippen molar-refractivity contribution in [3.8, 4) is 11.6 Å². The van der Waals surface area contributed by atoms with Crippen molar-refractivity contribution in [3.05, 3.63) is 30.2 Å². The SMILES string of the molecule is CC(C)n1nc(-c2nnc(C3CCN(CC4CCOCC4)CC3)o2)c2ccccc21.O=C(O)C(=O)O. The fourth-order valence-corrected chi connectivity index (χ4v) is 4.79.